The van der Waals surface area contributed by atoms with E-state index in [0.29, 0.717) is 36.2 Å². The van der Waals surface area contributed by atoms with Gasteiger partial charge in [-0.1, -0.05) is 26.0 Å². The predicted molar refractivity (Wildman–Crippen MR) is 130 cm³/mol. The molecule has 11 nitrogen and oxygen atoms in total. The van der Waals surface area contributed by atoms with Crippen LogP contribution in [0.2, 0.25) is 0 Å². The Balaban J connectivity index is 1.09. The second-order valence-electron chi connectivity index (χ2n) is 10.4. The summed E-state index contributed by atoms with van der Waals surface area (Å²) in [7, 11) is 1.92. The van der Waals surface area contributed by atoms with Crippen molar-refractivity contribution in [1.29, 1.82) is 0 Å². The fourth-order valence-corrected chi connectivity index (χ4v) is 4.57. The fraction of sp³-hybridized carbons (Fsp3) is 0.417. The Kier molecular flexibility index (Phi) is 4.85. The van der Waals surface area contributed by atoms with Crippen LogP contribution >= 0.6 is 0 Å². The molecule has 35 heavy (non-hydrogen) atoms. The summed E-state index contributed by atoms with van der Waals surface area (Å²) in [6.45, 7) is 9.38. The van der Waals surface area contributed by atoms with E-state index < -0.39 is 0 Å². The first-order valence-corrected chi connectivity index (χ1v) is 11.7. The van der Waals surface area contributed by atoms with Crippen LogP contribution in [0.4, 0.5) is 11.8 Å². The van der Waals surface area contributed by atoms with Gasteiger partial charge in [0.2, 0.25) is 5.95 Å². The van der Waals surface area contributed by atoms with Crippen molar-refractivity contribution in [2.45, 2.75) is 45.3 Å². The lowest BCUT2D eigenvalue weighted by atomic mass is 9.92. The second-order valence-corrected chi connectivity index (χ2v) is 10.4. The number of anilines is 2. The van der Waals surface area contributed by atoms with Gasteiger partial charge in [0.25, 0.3) is 5.91 Å². The van der Waals surface area contributed by atoms with Gasteiger partial charge in [-0.15, -0.1) is 5.10 Å². The minimum absolute atomic E-state index is 0.0277. The van der Waals surface area contributed by atoms with Gasteiger partial charge < -0.3 is 10.2 Å². The largest absolute Gasteiger partial charge is 0.335 e. The van der Waals surface area contributed by atoms with Crippen molar-refractivity contribution in [3.05, 3.63) is 53.0 Å². The van der Waals surface area contributed by atoms with Crippen LogP contribution in [-0.2, 0) is 25.6 Å². The van der Waals surface area contributed by atoms with Gasteiger partial charge in [0, 0.05) is 68.1 Å². The molecule has 2 N–H and O–H groups in total. The van der Waals surface area contributed by atoms with Gasteiger partial charge >= 0.3 is 0 Å². The molecule has 0 aliphatic carbocycles. The van der Waals surface area contributed by atoms with Crippen LogP contribution in [0.5, 0.6) is 0 Å². The van der Waals surface area contributed by atoms with Crippen molar-refractivity contribution < 1.29 is 4.79 Å². The monoisotopic (exact) mass is 472 g/mol. The van der Waals surface area contributed by atoms with Crippen molar-refractivity contribution in [2.24, 2.45) is 7.05 Å². The SMILES string of the molecule is Cn1nc(C(C)(C)C)cc1Nc1ncc2c(n1)CN(C1CN(C(=O)c3ccc4[nH]nnc4c3)C1)C2. The van der Waals surface area contributed by atoms with E-state index in [1.54, 1.807) is 6.07 Å². The number of aromatic amines is 1. The van der Waals surface area contributed by atoms with E-state index in [1.165, 1.54) is 0 Å². The van der Waals surface area contributed by atoms with Crippen LogP contribution < -0.4 is 5.32 Å². The highest BCUT2D eigenvalue weighted by Gasteiger charge is 2.38. The van der Waals surface area contributed by atoms with Crippen LogP contribution in [-0.4, -0.2) is 70.0 Å². The molecule has 4 aromatic rings. The molecular formula is C24H28N10O. The third kappa shape index (κ3) is 3.91. The van der Waals surface area contributed by atoms with Gasteiger partial charge in [0.05, 0.1) is 16.9 Å². The van der Waals surface area contributed by atoms with E-state index >= 15 is 0 Å². The number of likely N-dealkylation sites (tertiary alicyclic amines) is 1. The van der Waals surface area contributed by atoms with E-state index in [9.17, 15) is 4.79 Å². The number of nitrogens with one attached hydrogen (secondary N) is 2. The average Bonchev–Trinajstić information content (AvgIpc) is 3.50. The molecule has 5 heterocycles. The van der Waals surface area contributed by atoms with Gasteiger partial charge in [-0.3, -0.25) is 19.5 Å². The Bertz CT molecular complexity index is 1430. The maximum Gasteiger partial charge on any atom is 0.254 e. The van der Waals surface area contributed by atoms with Crippen molar-refractivity contribution in [3.63, 3.8) is 0 Å². The summed E-state index contributed by atoms with van der Waals surface area (Å²) in [6, 6.07) is 7.81. The van der Waals surface area contributed by atoms with Crippen LogP contribution in [0.1, 0.15) is 48.1 Å². The summed E-state index contributed by atoms with van der Waals surface area (Å²) in [4.78, 5) is 26.4. The van der Waals surface area contributed by atoms with Crippen LogP contribution in [0.25, 0.3) is 11.0 Å². The molecule has 180 valence electrons. The van der Waals surface area contributed by atoms with Gasteiger partial charge in [-0.2, -0.15) is 5.10 Å². The molecule has 1 amide bonds. The van der Waals surface area contributed by atoms with Crippen LogP contribution in [0.15, 0.2) is 30.5 Å². The number of aryl methyl sites for hydroxylation is 1. The number of benzene rings is 1. The van der Waals surface area contributed by atoms with Gasteiger partial charge in [0.1, 0.15) is 11.3 Å². The second kappa shape index (κ2) is 7.84. The number of H-pyrrole nitrogens is 1. The smallest absolute Gasteiger partial charge is 0.254 e. The summed E-state index contributed by atoms with van der Waals surface area (Å²) in [5.41, 5.74) is 5.32. The standard InChI is InChI=1S/C24H28N10O/c1-24(2,3)20-8-21(32(4)30-20)27-23-25-9-15-10-33(13-19(15)26-23)16-11-34(12-16)22(35)14-5-6-17-18(7-14)29-31-28-17/h5-9,16H,10-13H2,1-4H3,(H,25,26,27)(H,28,29,31). The zero-order chi connectivity index (χ0) is 24.3. The van der Waals surface area contributed by atoms with Crippen molar-refractivity contribution in [2.75, 3.05) is 18.4 Å². The average molecular weight is 473 g/mol. The minimum Gasteiger partial charge on any atom is -0.335 e. The van der Waals surface area contributed by atoms with E-state index in [0.717, 1.165) is 41.4 Å². The first-order valence-electron chi connectivity index (χ1n) is 11.7. The molecule has 1 saturated heterocycles. The maximum atomic E-state index is 12.9. The molecule has 0 radical (unpaired) electrons. The number of hydrogen-bond donors (Lipinski definition) is 2. The number of carbonyl (C=O) groups excluding carboxylic acids is 1. The third-order valence-electron chi connectivity index (χ3n) is 6.81. The van der Waals surface area contributed by atoms with Crippen LogP contribution in [0.3, 0.4) is 0 Å². The van der Waals surface area contributed by atoms with Crippen LogP contribution in [0, 0.1) is 0 Å². The molecule has 3 aromatic heterocycles. The summed E-state index contributed by atoms with van der Waals surface area (Å²) < 4.78 is 1.82. The Labute approximate surface area is 202 Å². The highest BCUT2D eigenvalue weighted by atomic mass is 16.2. The predicted octanol–water partition coefficient (Wildman–Crippen LogP) is 2.36. The van der Waals surface area contributed by atoms with E-state index in [4.69, 9.17) is 4.98 Å². The fourth-order valence-electron chi connectivity index (χ4n) is 4.57. The summed E-state index contributed by atoms with van der Waals surface area (Å²) in [5, 5.41) is 18.5. The highest BCUT2D eigenvalue weighted by Crippen LogP contribution is 2.29. The zero-order valence-electron chi connectivity index (χ0n) is 20.3. The zero-order valence-corrected chi connectivity index (χ0v) is 20.3. The third-order valence-corrected chi connectivity index (χ3v) is 6.81. The minimum atomic E-state index is -0.0298. The van der Waals surface area contributed by atoms with Crippen molar-refractivity contribution in [3.8, 4) is 0 Å². The lowest BCUT2D eigenvalue weighted by Gasteiger charge is -2.44. The van der Waals surface area contributed by atoms with E-state index in [1.807, 2.05) is 41.0 Å². The molecule has 0 bridgehead atoms. The molecule has 0 unspecified atom stereocenters. The van der Waals surface area contributed by atoms with Gasteiger partial charge in [-0.05, 0) is 18.2 Å². The molecule has 2 aliphatic heterocycles. The van der Waals surface area contributed by atoms with Gasteiger partial charge in [-0.25, -0.2) is 9.97 Å². The quantitative estimate of drug-likeness (QED) is 0.464. The van der Waals surface area contributed by atoms with E-state index in [-0.39, 0.29) is 11.3 Å². The molecule has 1 fully saturated rings. The van der Waals surface area contributed by atoms with E-state index in [2.05, 4.69) is 56.5 Å². The Hall–Kier alpha value is -3.86. The molecule has 2 aliphatic rings. The number of hydrogen-bond acceptors (Lipinski definition) is 8. The lowest BCUT2D eigenvalue weighted by Crippen LogP contribution is -2.59. The van der Waals surface area contributed by atoms with Crippen molar-refractivity contribution in [1.82, 2.24) is 45.0 Å². The number of carbonyl (C=O) groups is 1. The Morgan fingerprint density at radius 2 is 2.00 bits per heavy atom. The lowest BCUT2D eigenvalue weighted by molar-refractivity contribution is 0.0249. The molecule has 0 saturated carbocycles. The maximum absolute atomic E-state index is 12.9. The normalized spacial score (nSPS) is 16.5. The Morgan fingerprint density at radius 3 is 2.77 bits per heavy atom. The number of rotatable bonds is 4. The van der Waals surface area contributed by atoms with Crippen molar-refractivity contribution >= 4 is 28.7 Å². The molecule has 6 rings (SSSR count). The number of fused-ring (bicyclic) bond motifs is 2. The topological polar surface area (TPSA) is 121 Å². The highest BCUT2D eigenvalue weighted by molar-refractivity contribution is 5.97. The molecule has 0 atom stereocenters. The number of nitrogens with zero attached hydrogens (tertiary/aromatic N) is 8. The van der Waals surface area contributed by atoms with Gasteiger partial charge in [0.15, 0.2) is 0 Å². The molecule has 1 aromatic carbocycles. The Morgan fingerprint density at radius 1 is 1.17 bits per heavy atom. The summed E-state index contributed by atoms with van der Waals surface area (Å²) in [6.07, 6.45) is 1.90. The molecular weight excluding hydrogens is 444 g/mol. The number of amides is 1. The molecule has 11 heteroatoms. The first-order chi connectivity index (χ1) is 16.7. The summed E-state index contributed by atoms with van der Waals surface area (Å²) >= 11 is 0. The first kappa shape index (κ1) is 21.7. The number of aromatic nitrogens is 7. The summed E-state index contributed by atoms with van der Waals surface area (Å²) in [5.74, 6) is 1.46. The molecule has 0 spiro atoms.